The van der Waals surface area contributed by atoms with Crippen LogP contribution in [0.5, 0.6) is 11.5 Å². The van der Waals surface area contributed by atoms with Crippen LogP contribution in [0.1, 0.15) is 26.3 Å². The molecule has 0 spiro atoms. The Morgan fingerprint density at radius 1 is 1.33 bits per heavy atom. The summed E-state index contributed by atoms with van der Waals surface area (Å²) < 4.78 is 16.2. The first kappa shape index (κ1) is 21.3. The summed E-state index contributed by atoms with van der Waals surface area (Å²) in [4.78, 5) is 7.19. The number of nitrogens with one attached hydrogen (secondary N) is 2. The van der Waals surface area contributed by atoms with Gasteiger partial charge in [-0.1, -0.05) is 0 Å². The molecule has 0 bridgehead atoms. The highest BCUT2D eigenvalue weighted by atomic mass is 16.5. The Balaban J connectivity index is 1.97. The number of rotatable bonds is 8. The quantitative estimate of drug-likeness (QED) is 0.532. The number of benzene rings is 1. The highest BCUT2D eigenvalue weighted by molar-refractivity contribution is 5.79. The lowest BCUT2D eigenvalue weighted by Crippen LogP contribution is -2.53. The smallest absolute Gasteiger partial charge is 0.191 e. The minimum Gasteiger partial charge on any atom is -0.497 e. The molecule has 0 aromatic heterocycles. The van der Waals surface area contributed by atoms with Gasteiger partial charge < -0.3 is 24.8 Å². The second-order valence-electron chi connectivity index (χ2n) is 6.76. The molecule has 1 fully saturated rings. The number of nitrogens with zero attached hydrogens (tertiary/aromatic N) is 2. The molecule has 2 rings (SSSR count). The van der Waals surface area contributed by atoms with Gasteiger partial charge in [-0.05, 0) is 32.9 Å². The maximum Gasteiger partial charge on any atom is 0.191 e. The lowest BCUT2D eigenvalue weighted by molar-refractivity contribution is -0.0174. The molecule has 1 aromatic rings. The van der Waals surface area contributed by atoms with Crippen molar-refractivity contribution in [1.82, 2.24) is 15.5 Å². The first-order chi connectivity index (χ1) is 13.1. The Hall–Kier alpha value is -1.99. The van der Waals surface area contributed by atoms with Gasteiger partial charge >= 0.3 is 0 Å². The summed E-state index contributed by atoms with van der Waals surface area (Å²) in [5.74, 6) is 2.37. The van der Waals surface area contributed by atoms with E-state index in [0.29, 0.717) is 18.6 Å². The standard InChI is InChI=1S/C20H34N4O3/c1-6-21-20(22-12-15(2)24-9-10-27-14-16(24)3)23-13-17-7-8-18(25-4)11-19(17)26-5/h7-8,11,15-16H,6,9-10,12-14H2,1-5H3,(H2,21,22,23). The van der Waals surface area contributed by atoms with Gasteiger partial charge in [-0.3, -0.25) is 4.90 Å². The van der Waals surface area contributed by atoms with Crippen molar-refractivity contribution in [3.8, 4) is 11.5 Å². The topological polar surface area (TPSA) is 67.4 Å². The molecule has 0 amide bonds. The van der Waals surface area contributed by atoms with Crippen molar-refractivity contribution < 1.29 is 14.2 Å². The molecule has 1 saturated heterocycles. The van der Waals surface area contributed by atoms with E-state index in [1.807, 2.05) is 18.2 Å². The van der Waals surface area contributed by atoms with E-state index in [1.165, 1.54) is 0 Å². The lowest BCUT2D eigenvalue weighted by Gasteiger charge is -2.38. The number of morpholine rings is 1. The van der Waals surface area contributed by atoms with Crippen LogP contribution in [0.2, 0.25) is 0 Å². The zero-order valence-corrected chi connectivity index (χ0v) is 17.2. The van der Waals surface area contributed by atoms with Crippen molar-refractivity contribution in [3.63, 3.8) is 0 Å². The predicted octanol–water partition coefficient (Wildman–Crippen LogP) is 1.87. The Kier molecular flexibility index (Phi) is 8.67. The van der Waals surface area contributed by atoms with Crippen LogP contribution in [0.15, 0.2) is 23.2 Å². The molecule has 0 saturated carbocycles. The van der Waals surface area contributed by atoms with Crippen molar-refractivity contribution in [2.45, 2.75) is 39.4 Å². The van der Waals surface area contributed by atoms with Gasteiger partial charge in [-0.2, -0.15) is 0 Å². The summed E-state index contributed by atoms with van der Waals surface area (Å²) in [7, 11) is 3.31. The van der Waals surface area contributed by atoms with Crippen LogP contribution in [0.3, 0.4) is 0 Å². The van der Waals surface area contributed by atoms with Gasteiger partial charge in [0.15, 0.2) is 5.96 Å². The summed E-state index contributed by atoms with van der Waals surface area (Å²) in [6, 6.07) is 6.65. The third-order valence-electron chi connectivity index (χ3n) is 4.80. The van der Waals surface area contributed by atoms with Gasteiger partial charge in [-0.25, -0.2) is 4.99 Å². The van der Waals surface area contributed by atoms with E-state index in [-0.39, 0.29) is 0 Å². The van der Waals surface area contributed by atoms with Crippen LogP contribution in [0, 0.1) is 0 Å². The Morgan fingerprint density at radius 3 is 2.81 bits per heavy atom. The second kappa shape index (κ2) is 11.0. The fourth-order valence-electron chi connectivity index (χ4n) is 3.24. The average molecular weight is 379 g/mol. The number of aliphatic imine (C=N–C) groups is 1. The molecule has 2 N–H and O–H groups in total. The minimum atomic E-state index is 0.406. The van der Waals surface area contributed by atoms with E-state index in [9.17, 15) is 0 Å². The van der Waals surface area contributed by atoms with Crippen LogP contribution >= 0.6 is 0 Å². The molecule has 0 radical (unpaired) electrons. The fraction of sp³-hybridized carbons (Fsp3) is 0.650. The minimum absolute atomic E-state index is 0.406. The molecule has 152 valence electrons. The maximum absolute atomic E-state index is 5.53. The Bertz CT molecular complexity index is 609. The zero-order valence-electron chi connectivity index (χ0n) is 17.2. The number of methoxy groups -OCH3 is 2. The number of hydrogen-bond acceptors (Lipinski definition) is 5. The molecule has 1 aliphatic rings. The number of hydrogen-bond donors (Lipinski definition) is 2. The molecular weight excluding hydrogens is 344 g/mol. The van der Waals surface area contributed by atoms with Gasteiger partial charge in [0.1, 0.15) is 11.5 Å². The average Bonchev–Trinajstić information content (AvgIpc) is 2.70. The first-order valence-electron chi connectivity index (χ1n) is 9.65. The first-order valence-corrected chi connectivity index (χ1v) is 9.65. The van der Waals surface area contributed by atoms with E-state index in [4.69, 9.17) is 19.2 Å². The number of ether oxygens (including phenoxy) is 3. The molecule has 1 aromatic carbocycles. The molecule has 1 aliphatic heterocycles. The SMILES string of the molecule is CCNC(=NCc1ccc(OC)cc1OC)NCC(C)N1CCOCC1C. The van der Waals surface area contributed by atoms with E-state index in [1.54, 1.807) is 14.2 Å². The highest BCUT2D eigenvalue weighted by Crippen LogP contribution is 2.25. The van der Waals surface area contributed by atoms with Crippen LogP contribution in [-0.2, 0) is 11.3 Å². The van der Waals surface area contributed by atoms with Crippen molar-refractivity contribution in [2.24, 2.45) is 4.99 Å². The highest BCUT2D eigenvalue weighted by Gasteiger charge is 2.23. The zero-order chi connectivity index (χ0) is 19.6. The van der Waals surface area contributed by atoms with E-state index in [2.05, 4.69) is 36.3 Å². The second-order valence-corrected chi connectivity index (χ2v) is 6.76. The molecule has 2 unspecified atom stereocenters. The van der Waals surface area contributed by atoms with Crippen LogP contribution in [0.4, 0.5) is 0 Å². The van der Waals surface area contributed by atoms with E-state index >= 15 is 0 Å². The molecule has 7 heteroatoms. The predicted molar refractivity (Wildman–Crippen MR) is 109 cm³/mol. The molecule has 27 heavy (non-hydrogen) atoms. The molecule has 0 aliphatic carbocycles. The normalized spacial score (nSPS) is 19.4. The third kappa shape index (κ3) is 6.29. The lowest BCUT2D eigenvalue weighted by atomic mass is 10.2. The van der Waals surface area contributed by atoms with Crippen molar-refractivity contribution in [1.29, 1.82) is 0 Å². The summed E-state index contributed by atoms with van der Waals surface area (Å²) in [6.07, 6.45) is 0. The summed E-state index contributed by atoms with van der Waals surface area (Å²) in [5, 5.41) is 6.77. The Morgan fingerprint density at radius 2 is 2.15 bits per heavy atom. The molecule has 1 heterocycles. The third-order valence-corrected chi connectivity index (χ3v) is 4.80. The maximum atomic E-state index is 5.53. The van der Waals surface area contributed by atoms with Gasteiger partial charge in [0.05, 0.1) is 34.0 Å². The Labute approximate surface area is 163 Å². The van der Waals surface area contributed by atoms with Gasteiger partial charge in [0, 0.05) is 43.3 Å². The summed E-state index contributed by atoms with van der Waals surface area (Å²) in [6.45, 7) is 11.3. The molecule has 7 nitrogen and oxygen atoms in total. The van der Waals surface area contributed by atoms with Crippen molar-refractivity contribution in [2.75, 3.05) is 47.1 Å². The van der Waals surface area contributed by atoms with E-state index < -0.39 is 0 Å². The summed E-state index contributed by atoms with van der Waals surface area (Å²) >= 11 is 0. The largest absolute Gasteiger partial charge is 0.497 e. The van der Waals surface area contributed by atoms with Gasteiger partial charge in [-0.15, -0.1) is 0 Å². The molecule has 2 atom stereocenters. The van der Waals surface area contributed by atoms with Gasteiger partial charge in [0.2, 0.25) is 0 Å². The van der Waals surface area contributed by atoms with E-state index in [0.717, 1.165) is 55.9 Å². The van der Waals surface area contributed by atoms with Crippen LogP contribution in [-0.4, -0.2) is 70.0 Å². The molecular formula is C20H34N4O3. The van der Waals surface area contributed by atoms with Crippen LogP contribution < -0.4 is 20.1 Å². The fourth-order valence-corrected chi connectivity index (χ4v) is 3.24. The van der Waals surface area contributed by atoms with Crippen molar-refractivity contribution in [3.05, 3.63) is 23.8 Å². The van der Waals surface area contributed by atoms with Gasteiger partial charge in [0.25, 0.3) is 0 Å². The monoisotopic (exact) mass is 378 g/mol. The van der Waals surface area contributed by atoms with Crippen molar-refractivity contribution >= 4 is 5.96 Å². The summed E-state index contributed by atoms with van der Waals surface area (Å²) in [5.41, 5.74) is 1.02. The number of guanidine groups is 1. The van der Waals surface area contributed by atoms with Crippen LogP contribution in [0.25, 0.3) is 0 Å².